The molecular formula is C21H19ClN2O2S. The van der Waals surface area contributed by atoms with Crippen molar-refractivity contribution < 1.29 is 9.59 Å². The Bertz CT molecular complexity index is 1000. The van der Waals surface area contributed by atoms with Crippen molar-refractivity contribution >= 4 is 44.8 Å². The van der Waals surface area contributed by atoms with Crippen molar-refractivity contribution in [2.45, 2.75) is 25.7 Å². The molecular weight excluding hydrogens is 380 g/mol. The summed E-state index contributed by atoms with van der Waals surface area (Å²) in [5.41, 5.74) is 2.45. The fraction of sp³-hybridized carbons (Fsp3) is 0.286. The normalized spacial score (nSPS) is 15.3. The van der Waals surface area contributed by atoms with Gasteiger partial charge in [-0.2, -0.15) is 0 Å². The lowest BCUT2D eigenvalue weighted by molar-refractivity contribution is -0.127. The second kappa shape index (κ2) is 7.41. The number of amides is 1. The van der Waals surface area contributed by atoms with Crippen molar-refractivity contribution in [1.29, 1.82) is 0 Å². The smallest absolute Gasteiger partial charge is 0.294 e. The van der Waals surface area contributed by atoms with Crippen LogP contribution >= 0.6 is 22.9 Å². The zero-order valence-corrected chi connectivity index (χ0v) is 16.5. The fourth-order valence-electron chi connectivity index (χ4n) is 3.39. The van der Waals surface area contributed by atoms with E-state index >= 15 is 0 Å². The van der Waals surface area contributed by atoms with Crippen LogP contribution in [0.25, 0.3) is 10.2 Å². The fourth-order valence-corrected chi connectivity index (χ4v) is 4.68. The molecule has 0 atom stereocenters. The van der Waals surface area contributed by atoms with E-state index in [4.69, 9.17) is 16.6 Å². The molecule has 0 saturated carbocycles. The number of Topliss-reactive ketones (excluding diaryl/α,β-unsaturated/α-hetero) is 1. The predicted molar refractivity (Wildman–Crippen MR) is 109 cm³/mol. The van der Waals surface area contributed by atoms with Gasteiger partial charge in [-0.25, -0.2) is 4.98 Å². The number of likely N-dealkylation sites (tertiary alicyclic amines) is 1. The van der Waals surface area contributed by atoms with Gasteiger partial charge in [-0.3, -0.25) is 9.59 Å². The van der Waals surface area contributed by atoms with E-state index in [1.807, 2.05) is 37.3 Å². The van der Waals surface area contributed by atoms with Crippen LogP contribution in [-0.4, -0.2) is 34.7 Å². The number of benzene rings is 2. The number of nitrogens with zero attached hydrogens (tertiary/aromatic N) is 2. The van der Waals surface area contributed by atoms with Crippen LogP contribution in [0.5, 0.6) is 0 Å². The van der Waals surface area contributed by atoms with Gasteiger partial charge >= 0.3 is 0 Å². The topological polar surface area (TPSA) is 50.3 Å². The monoisotopic (exact) mass is 398 g/mol. The lowest BCUT2D eigenvalue weighted by atomic mass is 9.97. The number of hydrogen-bond donors (Lipinski definition) is 0. The zero-order chi connectivity index (χ0) is 19.0. The molecule has 6 heteroatoms. The maximum absolute atomic E-state index is 12.6. The highest BCUT2D eigenvalue weighted by atomic mass is 35.5. The van der Waals surface area contributed by atoms with Crippen LogP contribution in [0.2, 0.25) is 5.02 Å². The van der Waals surface area contributed by atoms with Crippen LogP contribution < -0.4 is 0 Å². The summed E-state index contributed by atoms with van der Waals surface area (Å²) in [6.45, 7) is 3.12. The second-order valence-corrected chi connectivity index (χ2v) is 8.42. The third-order valence-electron chi connectivity index (χ3n) is 5.01. The standard InChI is InChI=1S/C21H19ClN2O2S/c1-13-2-4-14(5-3-13)19(25)21(26)24-10-8-15(9-11-24)20-23-17-12-16(22)6-7-18(17)27-20/h2-7,12,15H,8-11H2,1H3. The van der Waals surface area contributed by atoms with E-state index in [9.17, 15) is 9.59 Å². The summed E-state index contributed by atoms with van der Waals surface area (Å²) in [4.78, 5) is 31.4. The number of aryl methyl sites for hydroxylation is 1. The number of hydrogen-bond acceptors (Lipinski definition) is 4. The van der Waals surface area contributed by atoms with Crippen molar-refractivity contribution in [3.63, 3.8) is 0 Å². The van der Waals surface area contributed by atoms with E-state index in [0.717, 1.165) is 33.6 Å². The molecule has 0 unspecified atom stereocenters. The number of carbonyl (C=O) groups excluding carboxylic acids is 2. The molecule has 1 amide bonds. The molecule has 4 nitrogen and oxygen atoms in total. The molecule has 138 valence electrons. The summed E-state index contributed by atoms with van der Waals surface area (Å²) >= 11 is 7.73. The quantitative estimate of drug-likeness (QED) is 0.468. The first-order valence-electron chi connectivity index (χ1n) is 8.97. The molecule has 1 fully saturated rings. The minimum absolute atomic E-state index is 0.319. The van der Waals surface area contributed by atoms with Gasteiger partial charge in [0, 0.05) is 29.6 Å². The molecule has 27 heavy (non-hydrogen) atoms. The van der Waals surface area contributed by atoms with Crippen molar-refractivity contribution in [2.75, 3.05) is 13.1 Å². The maximum atomic E-state index is 12.6. The first-order chi connectivity index (χ1) is 13.0. The van der Waals surface area contributed by atoms with E-state index in [1.54, 1.807) is 28.4 Å². The third kappa shape index (κ3) is 3.75. The van der Waals surface area contributed by atoms with Crippen molar-refractivity contribution in [3.05, 3.63) is 63.6 Å². The van der Waals surface area contributed by atoms with E-state index in [-0.39, 0.29) is 0 Å². The molecule has 0 spiro atoms. The van der Waals surface area contributed by atoms with Gasteiger partial charge in [0.25, 0.3) is 5.91 Å². The third-order valence-corrected chi connectivity index (χ3v) is 6.44. The van der Waals surface area contributed by atoms with E-state index in [1.165, 1.54) is 0 Å². The van der Waals surface area contributed by atoms with Crippen LogP contribution in [-0.2, 0) is 4.79 Å². The Morgan fingerprint density at radius 1 is 1.11 bits per heavy atom. The molecule has 1 aliphatic heterocycles. The molecule has 0 N–H and O–H groups in total. The minimum atomic E-state index is -0.428. The van der Waals surface area contributed by atoms with E-state index in [0.29, 0.717) is 29.6 Å². The summed E-state index contributed by atoms with van der Waals surface area (Å²) in [6.07, 6.45) is 1.64. The summed E-state index contributed by atoms with van der Waals surface area (Å²) in [7, 11) is 0. The lowest BCUT2D eigenvalue weighted by Crippen LogP contribution is -2.41. The highest BCUT2D eigenvalue weighted by molar-refractivity contribution is 7.18. The first-order valence-corrected chi connectivity index (χ1v) is 10.2. The van der Waals surface area contributed by atoms with Gasteiger partial charge in [0.05, 0.1) is 15.2 Å². The Morgan fingerprint density at radius 2 is 1.81 bits per heavy atom. The van der Waals surface area contributed by atoms with Crippen LogP contribution in [0.4, 0.5) is 0 Å². The summed E-state index contributed by atoms with van der Waals surface area (Å²) in [5.74, 6) is -0.517. The number of rotatable bonds is 3. The number of thiazole rings is 1. The Morgan fingerprint density at radius 3 is 2.52 bits per heavy atom. The molecule has 0 bridgehead atoms. The predicted octanol–water partition coefficient (Wildman–Crippen LogP) is 4.85. The molecule has 2 aromatic carbocycles. The van der Waals surface area contributed by atoms with E-state index < -0.39 is 11.7 Å². The van der Waals surface area contributed by atoms with Crippen molar-refractivity contribution in [1.82, 2.24) is 9.88 Å². The van der Waals surface area contributed by atoms with Gasteiger partial charge < -0.3 is 4.90 Å². The second-order valence-electron chi connectivity index (χ2n) is 6.93. The number of piperidine rings is 1. The molecule has 2 heterocycles. The Kier molecular flexibility index (Phi) is 4.98. The van der Waals surface area contributed by atoms with E-state index in [2.05, 4.69) is 0 Å². The number of ketones is 1. The maximum Gasteiger partial charge on any atom is 0.294 e. The molecule has 1 aliphatic rings. The summed E-state index contributed by atoms with van der Waals surface area (Å²) in [6, 6.07) is 12.9. The number of fused-ring (bicyclic) bond motifs is 1. The Balaban J connectivity index is 1.42. The van der Waals surface area contributed by atoms with Crippen molar-refractivity contribution in [2.24, 2.45) is 0 Å². The van der Waals surface area contributed by atoms with Gasteiger partial charge in [-0.1, -0.05) is 41.4 Å². The largest absolute Gasteiger partial charge is 0.336 e. The number of halogens is 1. The molecule has 0 aliphatic carbocycles. The van der Waals surface area contributed by atoms with Crippen LogP contribution in [0.15, 0.2) is 42.5 Å². The van der Waals surface area contributed by atoms with Crippen LogP contribution in [0.3, 0.4) is 0 Å². The Labute approximate surface area is 166 Å². The first kappa shape index (κ1) is 18.1. The van der Waals surface area contributed by atoms with Gasteiger partial charge in [-0.15, -0.1) is 11.3 Å². The molecule has 3 aromatic rings. The van der Waals surface area contributed by atoms with Gasteiger partial charge in [0.1, 0.15) is 0 Å². The molecule has 1 aromatic heterocycles. The van der Waals surface area contributed by atoms with Crippen LogP contribution in [0, 0.1) is 6.92 Å². The van der Waals surface area contributed by atoms with Crippen molar-refractivity contribution in [3.8, 4) is 0 Å². The molecule has 1 saturated heterocycles. The lowest BCUT2D eigenvalue weighted by Gasteiger charge is -2.30. The highest BCUT2D eigenvalue weighted by Crippen LogP contribution is 2.34. The average molecular weight is 399 g/mol. The summed E-state index contributed by atoms with van der Waals surface area (Å²) < 4.78 is 1.13. The van der Waals surface area contributed by atoms with Gasteiger partial charge in [0.15, 0.2) is 0 Å². The molecule has 4 rings (SSSR count). The molecule has 0 radical (unpaired) electrons. The van der Waals surface area contributed by atoms with Gasteiger partial charge in [-0.05, 0) is 38.0 Å². The highest BCUT2D eigenvalue weighted by Gasteiger charge is 2.29. The number of carbonyl (C=O) groups is 2. The zero-order valence-electron chi connectivity index (χ0n) is 14.9. The van der Waals surface area contributed by atoms with Gasteiger partial charge in [0.2, 0.25) is 5.78 Å². The minimum Gasteiger partial charge on any atom is -0.336 e. The SMILES string of the molecule is Cc1ccc(C(=O)C(=O)N2CCC(c3nc4cc(Cl)ccc4s3)CC2)cc1. The van der Waals surface area contributed by atoms with Crippen LogP contribution in [0.1, 0.15) is 39.7 Å². The average Bonchev–Trinajstić information content (AvgIpc) is 3.11. The number of aromatic nitrogens is 1. The Hall–Kier alpha value is -2.24. The summed E-state index contributed by atoms with van der Waals surface area (Å²) in [5, 5.41) is 1.78.